The van der Waals surface area contributed by atoms with Crippen LogP contribution in [0.15, 0.2) is 52.2 Å². The summed E-state index contributed by atoms with van der Waals surface area (Å²) in [5.74, 6) is 8.78. The summed E-state index contributed by atoms with van der Waals surface area (Å²) in [6.45, 7) is 1.84. The summed E-state index contributed by atoms with van der Waals surface area (Å²) in [5, 5.41) is 11.9. The van der Waals surface area contributed by atoms with Crippen molar-refractivity contribution in [2.45, 2.75) is 17.8 Å². The summed E-state index contributed by atoms with van der Waals surface area (Å²) in [5.41, 5.74) is 7.46. The highest BCUT2D eigenvalue weighted by atomic mass is 32.2. The van der Waals surface area contributed by atoms with E-state index in [4.69, 9.17) is 16.0 Å². The summed E-state index contributed by atoms with van der Waals surface area (Å²) in [7, 11) is 0. The molecule has 0 fully saturated rings. The van der Waals surface area contributed by atoms with E-state index in [0.717, 1.165) is 17.0 Å². The minimum Gasteiger partial charge on any atom is -0.469 e. The van der Waals surface area contributed by atoms with Gasteiger partial charge in [0, 0.05) is 5.69 Å². The Morgan fingerprint density at radius 3 is 2.68 bits per heavy atom. The van der Waals surface area contributed by atoms with Crippen molar-refractivity contribution in [2.24, 2.45) is 0 Å². The second kappa shape index (κ2) is 7.56. The number of thioether (sulfide) groups is 1. The lowest BCUT2D eigenvalue weighted by atomic mass is 10.2. The molecule has 0 spiro atoms. The number of nitrogens with zero attached hydrogens (tertiary/aromatic N) is 6. The van der Waals surface area contributed by atoms with Gasteiger partial charge in [0.25, 0.3) is 0 Å². The summed E-state index contributed by atoms with van der Waals surface area (Å²) in [6, 6.07) is 11.4. The van der Waals surface area contributed by atoms with Gasteiger partial charge in [-0.05, 0) is 25.1 Å². The number of furan rings is 1. The van der Waals surface area contributed by atoms with E-state index in [2.05, 4.69) is 30.5 Å². The molecule has 0 bridgehead atoms. The van der Waals surface area contributed by atoms with Gasteiger partial charge in [-0.1, -0.05) is 30.0 Å². The zero-order chi connectivity index (χ0) is 19.5. The van der Waals surface area contributed by atoms with E-state index in [0.29, 0.717) is 28.5 Å². The summed E-state index contributed by atoms with van der Waals surface area (Å²) >= 11 is 1.35. The zero-order valence-electron chi connectivity index (χ0n) is 14.9. The molecular weight excluding hydrogens is 378 g/mol. The van der Waals surface area contributed by atoms with Crippen molar-refractivity contribution in [3.63, 3.8) is 0 Å². The molecule has 0 amide bonds. The van der Waals surface area contributed by atoms with Gasteiger partial charge in [-0.2, -0.15) is 15.0 Å². The van der Waals surface area contributed by atoms with Crippen molar-refractivity contribution >= 4 is 29.3 Å². The quantitative estimate of drug-likeness (QED) is 0.328. The first kappa shape index (κ1) is 17.8. The first-order valence-corrected chi connectivity index (χ1v) is 9.29. The molecule has 1 aromatic carbocycles. The molecule has 0 saturated carbocycles. The summed E-state index contributed by atoms with van der Waals surface area (Å²) in [6.07, 6.45) is 1.58. The lowest BCUT2D eigenvalue weighted by molar-refractivity contribution is 0.535. The molecule has 0 atom stereocenters. The number of nitrogens with two attached hydrogens (primary N) is 2. The summed E-state index contributed by atoms with van der Waals surface area (Å²) in [4.78, 5) is 12.7. The molecule has 5 N–H and O–H groups in total. The minimum absolute atomic E-state index is 0.132. The maximum absolute atomic E-state index is 6.13. The van der Waals surface area contributed by atoms with Crippen LogP contribution in [0.2, 0.25) is 0 Å². The van der Waals surface area contributed by atoms with Crippen molar-refractivity contribution in [3.8, 4) is 11.4 Å². The second-order valence-corrected chi connectivity index (χ2v) is 6.72. The third-order valence-electron chi connectivity index (χ3n) is 3.82. The van der Waals surface area contributed by atoms with Crippen molar-refractivity contribution in [1.82, 2.24) is 29.8 Å². The number of hydrogen-bond donors (Lipinski definition) is 3. The van der Waals surface area contributed by atoms with Gasteiger partial charge in [0.15, 0.2) is 5.82 Å². The molecule has 0 unspecified atom stereocenters. The maximum Gasteiger partial charge on any atom is 0.232 e. The van der Waals surface area contributed by atoms with Gasteiger partial charge < -0.3 is 21.3 Å². The minimum atomic E-state index is 0.132. The van der Waals surface area contributed by atoms with Crippen molar-refractivity contribution in [1.29, 1.82) is 0 Å². The van der Waals surface area contributed by atoms with Gasteiger partial charge in [0.2, 0.25) is 17.1 Å². The molecule has 0 saturated heterocycles. The van der Waals surface area contributed by atoms with Crippen LogP contribution in [0.3, 0.4) is 0 Å². The SMILES string of the molecule is Cc1occc1-c1nnc(SCc2nc(N)nc(Nc3ccccc3)n2)n1N. The van der Waals surface area contributed by atoms with Crippen LogP contribution >= 0.6 is 11.8 Å². The lowest BCUT2D eigenvalue weighted by Crippen LogP contribution is -2.12. The molecular formula is C17H17N9OS. The highest BCUT2D eigenvalue weighted by Crippen LogP contribution is 2.26. The van der Waals surface area contributed by atoms with Gasteiger partial charge >= 0.3 is 0 Å². The smallest absolute Gasteiger partial charge is 0.232 e. The summed E-state index contributed by atoms with van der Waals surface area (Å²) < 4.78 is 6.71. The Morgan fingerprint density at radius 1 is 1.11 bits per heavy atom. The number of hydrogen-bond acceptors (Lipinski definition) is 10. The van der Waals surface area contributed by atoms with E-state index in [1.54, 1.807) is 12.3 Å². The molecule has 142 valence electrons. The van der Waals surface area contributed by atoms with Crippen LogP contribution in [0, 0.1) is 6.92 Å². The maximum atomic E-state index is 6.13. The molecule has 10 nitrogen and oxygen atoms in total. The Labute approximate surface area is 164 Å². The van der Waals surface area contributed by atoms with Gasteiger partial charge in [-0.15, -0.1) is 10.2 Å². The number of aromatic nitrogens is 6. The fourth-order valence-electron chi connectivity index (χ4n) is 2.51. The second-order valence-electron chi connectivity index (χ2n) is 5.78. The molecule has 3 heterocycles. The van der Waals surface area contributed by atoms with Crippen LogP contribution in [0.25, 0.3) is 11.4 Å². The lowest BCUT2D eigenvalue weighted by Gasteiger charge is -2.07. The van der Waals surface area contributed by atoms with Crippen molar-refractivity contribution in [2.75, 3.05) is 16.9 Å². The van der Waals surface area contributed by atoms with Crippen LogP contribution in [-0.2, 0) is 5.75 Å². The molecule has 0 aliphatic heterocycles. The molecule has 4 rings (SSSR count). The third-order valence-corrected chi connectivity index (χ3v) is 4.76. The van der Waals surface area contributed by atoms with E-state index in [1.165, 1.54) is 16.4 Å². The van der Waals surface area contributed by atoms with E-state index < -0.39 is 0 Å². The predicted molar refractivity (Wildman–Crippen MR) is 106 cm³/mol. The molecule has 3 aromatic heterocycles. The monoisotopic (exact) mass is 395 g/mol. The van der Waals surface area contributed by atoms with Crippen molar-refractivity contribution < 1.29 is 4.42 Å². The molecule has 28 heavy (non-hydrogen) atoms. The Bertz CT molecular complexity index is 1090. The van der Waals surface area contributed by atoms with Crippen LogP contribution in [0.5, 0.6) is 0 Å². The van der Waals surface area contributed by atoms with Crippen molar-refractivity contribution in [3.05, 3.63) is 54.2 Å². The first-order valence-electron chi connectivity index (χ1n) is 8.30. The van der Waals surface area contributed by atoms with Crippen LogP contribution < -0.4 is 16.9 Å². The Balaban J connectivity index is 1.50. The highest BCUT2D eigenvalue weighted by molar-refractivity contribution is 7.98. The topological polar surface area (TPSA) is 147 Å². The number of anilines is 3. The normalized spacial score (nSPS) is 10.9. The Hall–Kier alpha value is -3.60. The first-order chi connectivity index (χ1) is 13.6. The number of nitrogens with one attached hydrogen (secondary N) is 1. The molecule has 4 aromatic rings. The standard InChI is InChI=1S/C17H17N9OS/c1-10-12(7-8-27-10)14-24-25-17(26(14)19)28-9-13-21-15(18)23-16(22-13)20-11-5-3-2-4-6-11/h2-8H,9,19H2,1H3,(H3,18,20,21,22,23). The van der Waals surface area contributed by atoms with E-state index in [-0.39, 0.29) is 5.95 Å². The average Bonchev–Trinajstić information content (AvgIpc) is 3.25. The molecule has 0 aliphatic carbocycles. The van der Waals surface area contributed by atoms with Crippen LogP contribution in [0.1, 0.15) is 11.6 Å². The number of benzene rings is 1. The van der Waals surface area contributed by atoms with E-state index in [9.17, 15) is 0 Å². The average molecular weight is 395 g/mol. The number of rotatable bonds is 6. The van der Waals surface area contributed by atoms with Crippen LogP contribution in [-0.4, -0.2) is 29.8 Å². The van der Waals surface area contributed by atoms with Gasteiger partial charge in [0.1, 0.15) is 11.6 Å². The van der Waals surface area contributed by atoms with E-state index >= 15 is 0 Å². The third kappa shape index (κ3) is 3.74. The van der Waals surface area contributed by atoms with Gasteiger partial charge in [-0.3, -0.25) is 0 Å². The molecule has 0 radical (unpaired) electrons. The Kier molecular flexibility index (Phi) is 4.81. The van der Waals surface area contributed by atoms with Crippen LogP contribution in [0.4, 0.5) is 17.6 Å². The van der Waals surface area contributed by atoms with E-state index in [1.807, 2.05) is 37.3 Å². The van der Waals surface area contributed by atoms with Gasteiger partial charge in [0.05, 0.1) is 17.6 Å². The number of aryl methyl sites for hydroxylation is 1. The fourth-order valence-corrected chi connectivity index (χ4v) is 3.23. The molecule has 0 aliphatic rings. The zero-order valence-corrected chi connectivity index (χ0v) is 15.7. The predicted octanol–water partition coefficient (Wildman–Crippen LogP) is 2.36. The number of para-hydroxylation sites is 1. The largest absolute Gasteiger partial charge is 0.469 e. The Morgan fingerprint density at radius 2 is 1.93 bits per heavy atom. The fraction of sp³-hybridized carbons (Fsp3) is 0.118. The number of nitrogen functional groups attached to an aromatic ring is 2. The molecule has 11 heteroatoms. The highest BCUT2D eigenvalue weighted by Gasteiger charge is 2.16. The van der Waals surface area contributed by atoms with Gasteiger partial charge in [-0.25, -0.2) is 4.68 Å².